The normalized spacial score (nSPS) is 16.5. The lowest BCUT2D eigenvalue weighted by Crippen LogP contribution is -2.20. The van der Waals surface area contributed by atoms with Crippen LogP contribution in [0.1, 0.15) is 18.5 Å². The van der Waals surface area contributed by atoms with Gasteiger partial charge in [0.2, 0.25) is 0 Å². The van der Waals surface area contributed by atoms with E-state index in [0.29, 0.717) is 6.54 Å². The van der Waals surface area contributed by atoms with Gasteiger partial charge in [-0.05, 0) is 12.8 Å². The quantitative estimate of drug-likeness (QED) is 0.718. The lowest BCUT2D eigenvalue weighted by atomic mass is 10.4. The molecule has 0 unspecified atom stereocenters. The first-order chi connectivity index (χ1) is 6.40. The van der Waals surface area contributed by atoms with E-state index in [1.807, 2.05) is 6.20 Å². The predicted octanol–water partition coefficient (Wildman–Crippen LogP) is 0.535. The van der Waals surface area contributed by atoms with Crippen LogP contribution in [-0.2, 0) is 6.54 Å². The van der Waals surface area contributed by atoms with Crippen molar-refractivity contribution in [2.75, 3.05) is 18.0 Å². The number of aromatic nitrogens is 2. The standard InChI is InChI=1S/C9H14N4/c10-5-8-6-11-7-9(12-8)13-3-1-2-4-13/h6-7H,1-5,10H2. The molecule has 1 fully saturated rings. The minimum atomic E-state index is 0.467. The SMILES string of the molecule is NCc1cncc(N2CCCC2)n1. The molecule has 2 rings (SSSR count). The Morgan fingerprint density at radius 1 is 1.31 bits per heavy atom. The molecule has 0 atom stereocenters. The maximum absolute atomic E-state index is 5.50. The van der Waals surface area contributed by atoms with Crippen LogP contribution in [-0.4, -0.2) is 23.1 Å². The minimum Gasteiger partial charge on any atom is -0.355 e. The van der Waals surface area contributed by atoms with Gasteiger partial charge in [-0.3, -0.25) is 4.98 Å². The lowest BCUT2D eigenvalue weighted by Gasteiger charge is -2.15. The van der Waals surface area contributed by atoms with Gasteiger partial charge in [0.05, 0.1) is 11.9 Å². The first-order valence-corrected chi connectivity index (χ1v) is 4.66. The average molecular weight is 178 g/mol. The van der Waals surface area contributed by atoms with E-state index in [0.717, 1.165) is 24.6 Å². The zero-order valence-corrected chi connectivity index (χ0v) is 7.61. The highest BCUT2D eigenvalue weighted by atomic mass is 15.2. The molecule has 1 aliphatic heterocycles. The molecule has 1 aromatic rings. The fraction of sp³-hybridized carbons (Fsp3) is 0.556. The van der Waals surface area contributed by atoms with Crippen molar-refractivity contribution in [1.82, 2.24) is 9.97 Å². The van der Waals surface area contributed by atoms with Crippen LogP contribution in [0.25, 0.3) is 0 Å². The summed E-state index contributed by atoms with van der Waals surface area (Å²) in [6.45, 7) is 2.67. The molecule has 0 amide bonds. The summed E-state index contributed by atoms with van der Waals surface area (Å²) in [5.41, 5.74) is 6.36. The topological polar surface area (TPSA) is 55.0 Å². The number of hydrogen-bond donors (Lipinski definition) is 1. The molecule has 0 spiro atoms. The van der Waals surface area contributed by atoms with Gasteiger partial charge >= 0.3 is 0 Å². The highest BCUT2D eigenvalue weighted by Gasteiger charge is 2.13. The van der Waals surface area contributed by atoms with E-state index in [4.69, 9.17) is 5.73 Å². The fourth-order valence-electron chi connectivity index (χ4n) is 1.59. The minimum absolute atomic E-state index is 0.467. The van der Waals surface area contributed by atoms with Crippen molar-refractivity contribution in [2.24, 2.45) is 5.73 Å². The van der Waals surface area contributed by atoms with Crippen LogP contribution in [0.2, 0.25) is 0 Å². The predicted molar refractivity (Wildman–Crippen MR) is 51.4 cm³/mol. The molecule has 0 aliphatic carbocycles. The summed E-state index contributed by atoms with van der Waals surface area (Å²) in [5.74, 6) is 0.973. The molecule has 13 heavy (non-hydrogen) atoms. The van der Waals surface area contributed by atoms with E-state index in [9.17, 15) is 0 Å². The molecule has 2 N–H and O–H groups in total. The van der Waals surface area contributed by atoms with E-state index in [1.165, 1.54) is 12.8 Å². The molecular formula is C9H14N4. The highest BCUT2D eigenvalue weighted by molar-refractivity contribution is 5.37. The Bertz CT molecular complexity index is 281. The third kappa shape index (κ3) is 1.78. The van der Waals surface area contributed by atoms with Crippen molar-refractivity contribution < 1.29 is 0 Å². The molecule has 4 nitrogen and oxygen atoms in total. The van der Waals surface area contributed by atoms with E-state index in [-0.39, 0.29) is 0 Å². The van der Waals surface area contributed by atoms with E-state index < -0.39 is 0 Å². The van der Waals surface area contributed by atoms with Crippen LogP contribution < -0.4 is 10.6 Å². The van der Waals surface area contributed by atoms with E-state index in [2.05, 4.69) is 14.9 Å². The highest BCUT2D eigenvalue weighted by Crippen LogP contribution is 2.16. The molecule has 1 saturated heterocycles. The van der Waals surface area contributed by atoms with Crippen LogP contribution >= 0.6 is 0 Å². The van der Waals surface area contributed by atoms with Gasteiger partial charge in [-0.25, -0.2) is 4.98 Å². The van der Waals surface area contributed by atoms with Crippen molar-refractivity contribution in [3.05, 3.63) is 18.1 Å². The third-order valence-electron chi connectivity index (χ3n) is 2.31. The van der Waals surface area contributed by atoms with Crippen LogP contribution in [0.4, 0.5) is 5.82 Å². The van der Waals surface area contributed by atoms with Gasteiger partial charge in [0.25, 0.3) is 0 Å². The van der Waals surface area contributed by atoms with Gasteiger partial charge in [-0.1, -0.05) is 0 Å². The number of anilines is 1. The van der Waals surface area contributed by atoms with E-state index >= 15 is 0 Å². The maximum atomic E-state index is 5.50. The van der Waals surface area contributed by atoms with Gasteiger partial charge in [-0.15, -0.1) is 0 Å². The monoisotopic (exact) mass is 178 g/mol. The summed E-state index contributed by atoms with van der Waals surface area (Å²) < 4.78 is 0. The molecule has 0 bridgehead atoms. The Morgan fingerprint density at radius 2 is 2.08 bits per heavy atom. The molecule has 1 aliphatic rings. The first kappa shape index (κ1) is 8.44. The largest absolute Gasteiger partial charge is 0.355 e. The summed E-state index contributed by atoms with van der Waals surface area (Å²) >= 11 is 0. The van der Waals surface area contributed by atoms with Gasteiger partial charge in [-0.2, -0.15) is 0 Å². The lowest BCUT2D eigenvalue weighted by molar-refractivity contribution is 0.888. The number of rotatable bonds is 2. The summed E-state index contributed by atoms with van der Waals surface area (Å²) in [5, 5.41) is 0. The Hall–Kier alpha value is -1.16. The van der Waals surface area contributed by atoms with Gasteiger partial charge in [0.15, 0.2) is 0 Å². The molecule has 70 valence electrons. The first-order valence-electron chi connectivity index (χ1n) is 4.66. The Kier molecular flexibility index (Phi) is 2.40. The Morgan fingerprint density at radius 3 is 2.77 bits per heavy atom. The molecule has 1 aromatic heterocycles. The van der Waals surface area contributed by atoms with Gasteiger partial charge in [0, 0.05) is 25.8 Å². The maximum Gasteiger partial charge on any atom is 0.147 e. The third-order valence-corrected chi connectivity index (χ3v) is 2.31. The van der Waals surface area contributed by atoms with Gasteiger partial charge in [0.1, 0.15) is 5.82 Å². The summed E-state index contributed by atoms with van der Waals surface area (Å²) in [7, 11) is 0. The van der Waals surface area contributed by atoms with Crippen molar-refractivity contribution in [3.63, 3.8) is 0 Å². The second kappa shape index (κ2) is 3.70. The Labute approximate surface area is 77.8 Å². The molecule has 0 radical (unpaired) electrons. The van der Waals surface area contributed by atoms with Crippen molar-refractivity contribution in [1.29, 1.82) is 0 Å². The van der Waals surface area contributed by atoms with Crippen LogP contribution in [0, 0.1) is 0 Å². The molecule has 2 heterocycles. The Balaban J connectivity index is 2.18. The number of nitrogens with zero attached hydrogens (tertiary/aromatic N) is 3. The summed E-state index contributed by atoms with van der Waals surface area (Å²) in [4.78, 5) is 10.8. The van der Waals surface area contributed by atoms with Crippen LogP contribution in [0.15, 0.2) is 12.4 Å². The number of hydrogen-bond acceptors (Lipinski definition) is 4. The van der Waals surface area contributed by atoms with Gasteiger partial charge < -0.3 is 10.6 Å². The molecule has 0 aromatic carbocycles. The molecule has 0 saturated carbocycles. The van der Waals surface area contributed by atoms with Crippen LogP contribution in [0.3, 0.4) is 0 Å². The second-order valence-electron chi connectivity index (χ2n) is 3.27. The van der Waals surface area contributed by atoms with Crippen LogP contribution in [0.5, 0.6) is 0 Å². The zero-order chi connectivity index (χ0) is 9.10. The second-order valence-corrected chi connectivity index (χ2v) is 3.27. The summed E-state index contributed by atoms with van der Waals surface area (Å²) in [6, 6.07) is 0. The molecule has 4 heteroatoms. The fourth-order valence-corrected chi connectivity index (χ4v) is 1.59. The van der Waals surface area contributed by atoms with Crippen molar-refractivity contribution in [2.45, 2.75) is 19.4 Å². The smallest absolute Gasteiger partial charge is 0.147 e. The molecular weight excluding hydrogens is 164 g/mol. The van der Waals surface area contributed by atoms with E-state index in [1.54, 1.807) is 6.20 Å². The van der Waals surface area contributed by atoms with Crippen molar-refractivity contribution in [3.8, 4) is 0 Å². The zero-order valence-electron chi connectivity index (χ0n) is 7.61. The summed E-state index contributed by atoms with van der Waals surface area (Å²) in [6.07, 6.45) is 6.05. The average Bonchev–Trinajstić information content (AvgIpc) is 2.71. The number of nitrogens with two attached hydrogens (primary N) is 1. The van der Waals surface area contributed by atoms with Crippen molar-refractivity contribution >= 4 is 5.82 Å².